The highest BCUT2D eigenvalue weighted by atomic mass is 31.2. The third kappa shape index (κ3) is 31.7. The van der Waals surface area contributed by atoms with Crippen molar-refractivity contribution in [3.8, 4) is 0 Å². The van der Waals surface area contributed by atoms with Crippen LogP contribution in [0.5, 0.6) is 0 Å². The summed E-state index contributed by atoms with van der Waals surface area (Å²) in [5.74, 6) is -0.927. The van der Waals surface area contributed by atoms with E-state index in [4.69, 9.17) is 29.0 Å². The van der Waals surface area contributed by atoms with Gasteiger partial charge in [-0.15, -0.1) is 0 Å². The summed E-state index contributed by atoms with van der Waals surface area (Å²) in [6.45, 7) is 3.47. The van der Waals surface area contributed by atoms with Crippen molar-refractivity contribution in [2.75, 3.05) is 26.4 Å². The Morgan fingerprint density at radius 3 is 1.94 bits per heavy atom. The van der Waals surface area contributed by atoms with E-state index in [2.05, 4.69) is 80.7 Å². The minimum absolute atomic E-state index is 0.0374. The van der Waals surface area contributed by atoms with Crippen LogP contribution in [0, 0.1) is 0 Å². The van der Waals surface area contributed by atoms with E-state index in [1.807, 2.05) is 6.08 Å². The Bertz CT molecular complexity index is 1180. The molecule has 0 aromatic heterocycles. The Kier molecular flexibility index (Phi) is 31.9. The van der Waals surface area contributed by atoms with E-state index in [-0.39, 0.29) is 32.6 Å². The maximum atomic E-state index is 12.6. The van der Waals surface area contributed by atoms with Gasteiger partial charge in [0, 0.05) is 19.4 Å². The van der Waals surface area contributed by atoms with Crippen molar-refractivity contribution >= 4 is 19.8 Å². The number of ether oxygens (including phenoxy) is 3. The first kappa shape index (κ1) is 49.4. The molecule has 11 heteroatoms. The quantitative estimate of drug-likeness (QED) is 0.0207. The second kappa shape index (κ2) is 34.9. The van der Waals surface area contributed by atoms with E-state index in [0.717, 1.165) is 77.0 Å². The van der Waals surface area contributed by atoms with Crippen molar-refractivity contribution in [1.82, 2.24) is 0 Å². The molecule has 0 amide bonds. The SMILES string of the molecule is CC/C=C\C/C=C\C/C=C\CCCCCCCC(=O)O[C@H](COC(=O)CCC/C=C\C/C=C\C/C=C\CC1OC1CCCCC)COP(=O)(O)OCCN. The van der Waals surface area contributed by atoms with Crippen LogP contribution in [0.3, 0.4) is 0 Å². The molecule has 1 aliphatic heterocycles. The van der Waals surface area contributed by atoms with Crippen LogP contribution in [-0.4, -0.2) is 61.5 Å². The standard InChI is InChI=1S/C43H72NO9P/c1-3-5-7-8-9-10-11-12-13-14-15-20-23-26-30-34-43(46)52-39(38-51-54(47,48)50-36-35-44)37-49-42(45)33-29-25-22-19-17-16-18-21-24-28-32-41-40(53-41)31-27-6-4-2/h5,7,9-10,12-13,16,18-19,22,24,28,39-41H,3-4,6,8,11,14-15,17,20-21,23,25-27,29-38,44H2,1-2H3,(H,47,48)/b7-5-,10-9-,13-12-,18-16-,22-19-,28-24-/t39-,40?,41?/m1/s1. The third-order valence-corrected chi connectivity index (χ3v) is 9.48. The Hall–Kier alpha value is -2.59. The Morgan fingerprint density at radius 1 is 0.685 bits per heavy atom. The van der Waals surface area contributed by atoms with Crippen molar-refractivity contribution in [2.24, 2.45) is 5.73 Å². The minimum Gasteiger partial charge on any atom is -0.462 e. The number of rotatable bonds is 36. The molecule has 0 saturated carbocycles. The smallest absolute Gasteiger partial charge is 0.462 e. The number of esters is 2. The number of phosphoric acid groups is 1. The van der Waals surface area contributed by atoms with Crippen molar-refractivity contribution in [2.45, 2.75) is 161 Å². The van der Waals surface area contributed by atoms with E-state index >= 15 is 0 Å². The van der Waals surface area contributed by atoms with E-state index in [9.17, 15) is 19.0 Å². The molecule has 0 aromatic rings. The first-order valence-corrected chi connectivity index (χ1v) is 22.0. The molecule has 1 heterocycles. The highest BCUT2D eigenvalue weighted by Gasteiger charge is 2.36. The molecular formula is C43H72NO9P. The van der Waals surface area contributed by atoms with Gasteiger partial charge in [-0.3, -0.25) is 18.6 Å². The number of unbranched alkanes of at least 4 members (excludes halogenated alkanes) is 8. The lowest BCUT2D eigenvalue weighted by Gasteiger charge is -2.19. The second-order valence-electron chi connectivity index (χ2n) is 13.5. The Morgan fingerprint density at radius 2 is 1.28 bits per heavy atom. The Balaban J connectivity index is 2.25. The fourth-order valence-corrected chi connectivity index (χ4v) is 6.15. The van der Waals surface area contributed by atoms with Crippen molar-refractivity contribution in [3.63, 3.8) is 0 Å². The van der Waals surface area contributed by atoms with Crippen LogP contribution >= 0.6 is 7.82 Å². The third-order valence-electron chi connectivity index (χ3n) is 8.50. The van der Waals surface area contributed by atoms with Gasteiger partial charge in [0.2, 0.25) is 0 Å². The van der Waals surface area contributed by atoms with Gasteiger partial charge in [0.1, 0.15) is 6.61 Å². The van der Waals surface area contributed by atoms with Gasteiger partial charge in [0.25, 0.3) is 0 Å². The zero-order chi connectivity index (χ0) is 39.4. The summed E-state index contributed by atoms with van der Waals surface area (Å²) in [5.41, 5.74) is 5.33. The molecule has 1 saturated heterocycles. The van der Waals surface area contributed by atoms with Crippen LogP contribution in [0.1, 0.15) is 142 Å². The van der Waals surface area contributed by atoms with Crippen molar-refractivity contribution < 1.29 is 42.3 Å². The molecule has 10 nitrogen and oxygen atoms in total. The van der Waals surface area contributed by atoms with Crippen LogP contribution < -0.4 is 5.73 Å². The van der Waals surface area contributed by atoms with Gasteiger partial charge < -0.3 is 24.8 Å². The predicted molar refractivity (Wildman–Crippen MR) is 219 cm³/mol. The van der Waals surface area contributed by atoms with E-state index in [0.29, 0.717) is 25.0 Å². The molecular weight excluding hydrogens is 705 g/mol. The average molecular weight is 778 g/mol. The number of epoxide rings is 1. The summed E-state index contributed by atoms with van der Waals surface area (Å²) < 4.78 is 38.4. The largest absolute Gasteiger partial charge is 0.472 e. The van der Waals surface area contributed by atoms with Gasteiger partial charge in [-0.1, -0.05) is 125 Å². The lowest BCUT2D eigenvalue weighted by molar-refractivity contribution is -0.161. The normalized spacial score (nSPS) is 17.9. The summed E-state index contributed by atoms with van der Waals surface area (Å²) in [4.78, 5) is 34.8. The number of nitrogens with two attached hydrogens (primary N) is 1. The summed E-state index contributed by atoms with van der Waals surface area (Å²) in [6.07, 6.45) is 44.0. The number of phosphoric ester groups is 1. The van der Waals surface area contributed by atoms with Gasteiger partial charge in [0.05, 0.1) is 25.4 Å². The second-order valence-corrected chi connectivity index (χ2v) is 15.0. The zero-order valence-electron chi connectivity index (χ0n) is 33.4. The van der Waals surface area contributed by atoms with E-state index in [1.165, 1.54) is 25.7 Å². The maximum Gasteiger partial charge on any atom is 0.472 e. The molecule has 1 aliphatic rings. The molecule has 0 bridgehead atoms. The Labute approximate surface area is 326 Å². The van der Waals surface area contributed by atoms with Gasteiger partial charge >= 0.3 is 19.8 Å². The van der Waals surface area contributed by atoms with E-state index in [1.54, 1.807) is 0 Å². The summed E-state index contributed by atoms with van der Waals surface area (Å²) in [6, 6.07) is 0. The predicted octanol–water partition coefficient (Wildman–Crippen LogP) is 10.5. The molecule has 1 fully saturated rings. The fourth-order valence-electron chi connectivity index (χ4n) is 5.38. The summed E-state index contributed by atoms with van der Waals surface area (Å²) in [5, 5.41) is 0. The number of carbonyl (C=O) groups excluding carboxylic acids is 2. The van der Waals surface area contributed by atoms with Crippen LogP contribution in [-0.2, 0) is 37.4 Å². The van der Waals surface area contributed by atoms with Gasteiger partial charge in [0.15, 0.2) is 6.10 Å². The van der Waals surface area contributed by atoms with Crippen LogP contribution in [0.2, 0.25) is 0 Å². The molecule has 0 aliphatic carbocycles. The molecule has 3 N–H and O–H groups in total. The number of hydrogen-bond acceptors (Lipinski definition) is 9. The molecule has 3 unspecified atom stereocenters. The average Bonchev–Trinajstić information content (AvgIpc) is 3.91. The van der Waals surface area contributed by atoms with Gasteiger partial charge in [-0.2, -0.15) is 0 Å². The van der Waals surface area contributed by atoms with Crippen LogP contribution in [0.4, 0.5) is 0 Å². The fraction of sp³-hybridized carbons (Fsp3) is 0.674. The van der Waals surface area contributed by atoms with Gasteiger partial charge in [-0.05, 0) is 77.0 Å². The highest BCUT2D eigenvalue weighted by Crippen LogP contribution is 2.43. The molecule has 0 aromatic carbocycles. The molecule has 4 atom stereocenters. The molecule has 0 radical (unpaired) electrons. The summed E-state index contributed by atoms with van der Waals surface area (Å²) >= 11 is 0. The van der Waals surface area contributed by atoms with Crippen molar-refractivity contribution in [3.05, 3.63) is 72.9 Å². The van der Waals surface area contributed by atoms with Crippen molar-refractivity contribution in [1.29, 1.82) is 0 Å². The minimum atomic E-state index is -4.40. The highest BCUT2D eigenvalue weighted by molar-refractivity contribution is 7.47. The first-order chi connectivity index (χ1) is 26.3. The lowest BCUT2D eigenvalue weighted by atomic mass is 10.1. The number of hydrogen-bond donors (Lipinski definition) is 2. The monoisotopic (exact) mass is 777 g/mol. The van der Waals surface area contributed by atoms with E-state index < -0.39 is 32.5 Å². The maximum absolute atomic E-state index is 12.6. The molecule has 0 spiro atoms. The van der Waals surface area contributed by atoms with Gasteiger partial charge in [-0.25, -0.2) is 4.57 Å². The number of allylic oxidation sites excluding steroid dienone is 11. The van der Waals surface area contributed by atoms with Crippen LogP contribution in [0.25, 0.3) is 0 Å². The topological polar surface area (TPSA) is 147 Å². The number of carbonyl (C=O) groups is 2. The first-order valence-electron chi connectivity index (χ1n) is 20.5. The zero-order valence-corrected chi connectivity index (χ0v) is 34.3. The van der Waals surface area contributed by atoms with Crippen LogP contribution in [0.15, 0.2) is 72.9 Å². The molecule has 54 heavy (non-hydrogen) atoms. The lowest BCUT2D eigenvalue weighted by Crippen LogP contribution is -2.29. The summed E-state index contributed by atoms with van der Waals surface area (Å²) in [7, 11) is -4.40. The molecule has 1 rings (SSSR count). The molecule has 308 valence electrons.